The monoisotopic (exact) mass is 198 g/mol. The first kappa shape index (κ1) is 11.3. The summed E-state index contributed by atoms with van der Waals surface area (Å²) in [6, 6.07) is 6.11. The zero-order valence-electron chi connectivity index (χ0n) is 9.55. The molecule has 0 aliphatic heterocycles. The zero-order chi connectivity index (χ0) is 11.6. The van der Waals surface area contributed by atoms with Crippen LogP contribution < -0.4 is 0 Å². The molecule has 0 saturated carbocycles. The van der Waals surface area contributed by atoms with Crippen LogP contribution in [0, 0.1) is 50.4 Å². The number of hydrogen-bond donors (Lipinski definition) is 0. The van der Waals surface area contributed by atoms with Gasteiger partial charge in [0, 0.05) is 0 Å². The Bertz CT molecular complexity index is 459. The predicted octanol–water partition coefficient (Wildman–Crippen LogP) is 3.05. The molecule has 0 unspecified atom stereocenters. The van der Waals surface area contributed by atoms with Gasteiger partial charge in [0.2, 0.25) is 0 Å². The van der Waals surface area contributed by atoms with Crippen molar-refractivity contribution in [1.82, 2.24) is 0 Å². The minimum atomic E-state index is -0.649. The molecule has 0 heterocycles. The summed E-state index contributed by atoms with van der Waals surface area (Å²) >= 11 is 0. The van der Waals surface area contributed by atoms with Crippen LogP contribution in [0.5, 0.6) is 0 Å². The lowest BCUT2D eigenvalue weighted by molar-refractivity contribution is 1.03. The Hall–Kier alpha value is -1.80. The summed E-state index contributed by atoms with van der Waals surface area (Å²) < 4.78 is 0. The highest BCUT2D eigenvalue weighted by molar-refractivity contribution is 5.49. The molecule has 0 aliphatic carbocycles. The second-order valence-corrected chi connectivity index (χ2v) is 3.87. The Balaban J connectivity index is 3.51. The fourth-order valence-electron chi connectivity index (χ4n) is 1.91. The van der Waals surface area contributed by atoms with Crippen LogP contribution in [0.15, 0.2) is 6.07 Å². The molecule has 2 heteroatoms. The van der Waals surface area contributed by atoms with Gasteiger partial charge in [0.25, 0.3) is 0 Å². The molecule has 0 radical (unpaired) electrons. The number of rotatable bonds is 1. The Morgan fingerprint density at radius 2 is 1.47 bits per heavy atom. The molecule has 0 bridgehead atoms. The summed E-state index contributed by atoms with van der Waals surface area (Å²) in [6.45, 7) is 8.01. The highest BCUT2D eigenvalue weighted by Crippen LogP contribution is 2.27. The Kier molecular flexibility index (Phi) is 3.12. The van der Waals surface area contributed by atoms with Crippen molar-refractivity contribution >= 4 is 0 Å². The van der Waals surface area contributed by atoms with Crippen molar-refractivity contribution in [1.29, 1.82) is 10.5 Å². The Labute approximate surface area is 90.8 Å². The standard InChI is InChI=1S/C13H14N2/c1-8-5-9(2)13(11(4)10(8)3)12(6-14)7-15/h5,12H,1-4H3. The summed E-state index contributed by atoms with van der Waals surface area (Å²) in [7, 11) is 0. The van der Waals surface area contributed by atoms with Crippen LogP contribution in [0.2, 0.25) is 0 Å². The molecule has 0 fully saturated rings. The van der Waals surface area contributed by atoms with Gasteiger partial charge in [-0.05, 0) is 55.5 Å². The lowest BCUT2D eigenvalue weighted by Gasteiger charge is -2.14. The molecular formula is C13H14N2. The molecule has 1 rings (SSSR count). The van der Waals surface area contributed by atoms with Crippen LogP contribution in [0.3, 0.4) is 0 Å². The van der Waals surface area contributed by atoms with Crippen LogP contribution in [-0.4, -0.2) is 0 Å². The third kappa shape index (κ3) is 1.85. The van der Waals surface area contributed by atoms with Crippen molar-refractivity contribution in [3.63, 3.8) is 0 Å². The third-order valence-corrected chi connectivity index (χ3v) is 2.96. The number of hydrogen-bond acceptors (Lipinski definition) is 2. The topological polar surface area (TPSA) is 47.6 Å². The second-order valence-electron chi connectivity index (χ2n) is 3.87. The fraction of sp³-hybridized carbons (Fsp3) is 0.385. The van der Waals surface area contributed by atoms with Gasteiger partial charge >= 0.3 is 0 Å². The van der Waals surface area contributed by atoms with Crippen molar-refractivity contribution in [2.45, 2.75) is 33.6 Å². The molecule has 0 aliphatic rings. The quantitative estimate of drug-likeness (QED) is 0.696. The van der Waals surface area contributed by atoms with Crippen molar-refractivity contribution in [2.75, 3.05) is 0 Å². The first-order valence-corrected chi connectivity index (χ1v) is 4.89. The molecule has 0 N–H and O–H groups in total. The van der Waals surface area contributed by atoms with E-state index in [1.54, 1.807) is 0 Å². The van der Waals surface area contributed by atoms with Crippen molar-refractivity contribution in [2.24, 2.45) is 0 Å². The van der Waals surface area contributed by atoms with E-state index in [0.29, 0.717) is 0 Å². The van der Waals surface area contributed by atoms with Crippen LogP contribution in [0.4, 0.5) is 0 Å². The smallest absolute Gasteiger partial charge is 0.158 e. The molecular weight excluding hydrogens is 184 g/mol. The van der Waals surface area contributed by atoms with E-state index < -0.39 is 5.92 Å². The second kappa shape index (κ2) is 4.15. The summed E-state index contributed by atoms with van der Waals surface area (Å²) in [4.78, 5) is 0. The van der Waals surface area contributed by atoms with Gasteiger partial charge in [-0.25, -0.2) is 0 Å². The van der Waals surface area contributed by atoms with Gasteiger partial charge in [-0.3, -0.25) is 0 Å². The van der Waals surface area contributed by atoms with E-state index in [1.165, 1.54) is 11.1 Å². The third-order valence-electron chi connectivity index (χ3n) is 2.96. The number of benzene rings is 1. The van der Waals surface area contributed by atoms with E-state index in [9.17, 15) is 0 Å². The summed E-state index contributed by atoms with van der Waals surface area (Å²) in [6.07, 6.45) is 0. The number of nitrogens with zero attached hydrogens (tertiary/aromatic N) is 2. The van der Waals surface area contributed by atoms with Gasteiger partial charge < -0.3 is 0 Å². The van der Waals surface area contributed by atoms with Crippen molar-refractivity contribution in [3.8, 4) is 12.1 Å². The van der Waals surface area contributed by atoms with Gasteiger partial charge in [0.05, 0.1) is 12.1 Å². The van der Waals surface area contributed by atoms with Crippen molar-refractivity contribution < 1.29 is 0 Å². The highest BCUT2D eigenvalue weighted by atomic mass is 14.3. The summed E-state index contributed by atoms with van der Waals surface area (Å²) in [5, 5.41) is 17.8. The fourth-order valence-corrected chi connectivity index (χ4v) is 1.91. The van der Waals surface area contributed by atoms with E-state index in [4.69, 9.17) is 10.5 Å². The predicted molar refractivity (Wildman–Crippen MR) is 59.4 cm³/mol. The van der Waals surface area contributed by atoms with Gasteiger partial charge in [-0.2, -0.15) is 10.5 Å². The molecule has 1 aromatic rings. The van der Waals surface area contributed by atoms with E-state index in [1.807, 2.05) is 45.9 Å². The van der Waals surface area contributed by atoms with Crippen LogP contribution in [0.1, 0.15) is 33.7 Å². The zero-order valence-corrected chi connectivity index (χ0v) is 9.55. The highest BCUT2D eigenvalue weighted by Gasteiger charge is 2.17. The van der Waals surface area contributed by atoms with Gasteiger partial charge in [-0.1, -0.05) is 6.07 Å². The Morgan fingerprint density at radius 1 is 0.933 bits per heavy atom. The largest absolute Gasteiger partial charge is 0.196 e. The van der Waals surface area contributed by atoms with Gasteiger partial charge in [0.1, 0.15) is 0 Å². The average molecular weight is 198 g/mol. The lowest BCUT2D eigenvalue weighted by atomic mass is 9.88. The number of nitriles is 2. The van der Waals surface area contributed by atoms with E-state index in [2.05, 4.69) is 0 Å². The number of aryl methyl sites for hydroxylation is 2. The summed E-state index contributed by atoms with van der Waals surface area (Å²) in [5.41, 5.74) is 5.36. The maximum absolute atomic E-state index is 8.92. The average Bonchev–Trinajstić information content (AvgIpc) is 2.21. The van der Waals surface area contributed by atoms with Crippen LogP contribution in [-0.2, 0) is 0 Å². The lowest BCUT2D eigenvalue weighted by Crippen LogP contribution is -2.02. The van der Waals surface area contributed by atoms with Crippen LogP contribution in [0.25, 0.3) is 0 Å². The Morgan fingerprint density at radius 3 is 1.93 bits per heavy atom. The van der Waals surface area contributed by atoms with E-state index in [0.717, 1.165) is 16.7 Å². The maximum atomic E-state index is 8.92. The molecule has 2 nitrogen and oxygen atoms in total. The van der Waals surface area contributed by atoms with Crippen molar-refractivity contribution in [3.05, 3.63) is 33.9 Å². The van der Waals surface area contributed by atoms with Gasteiger partial charge in [0.15, 0.2) is 5.92 Å². The SMILES string of the molecule is Cc1cc(C)c(C(C#N)C#N)c(C)c1C. The normalized spacial score (nSPS) is 9.80. The first-order chi connectivity index (χ1) is 7.02. The van der Waals surface area contributed by atoms with E-state index in [-0.39, 0.29) is 0 Å². The molecule has 0 spiro atoms. The molecule has 15 heavy (non-hydrogen) atoms. The van der Waals surface area contributed by atoms with Gasteiger partial charge in [-0.15, -0.1) is 0 Å². The molecule has 0 saturated heterocycles. The maximum Gasteiger partial charge on any atom is 0.158 e. The first-order valence-electron chi connectivity index (χ1n) is 4.89. The molecule has 0 atom stereocenters. The minimum absolute atomic E-state index is 0.649. The van der Waals surface area contributed by atoms with E-state index >= 15 is 0 Å². The van der Waals surface area contributed by atoms with Crippen LogP contribution >= 0.6 is 0 Å². The molecule has 0 aromatic heterocycles. The molecule has 1 aromatic carbocycles. The minimum Gasteiger partial charge on any atom is -0.196 e. The summed E-state index contributed by atoms with van der Waals surface area (Å²) in [5.74, 6) is -0.649. The molecule has 76 valence electrons. The molecule has 0 amide bonds.